The van der Waals surface area contributed by atoms with Gasteiger partial charge in [0.25, 0.3) is 23.6 Å². The molecule has 8 aromatic carbocycles. The zero-order chi connectivity index (χ0) is 75.5. The Morgan fingerprint density at radius 3 is 1.05 bits per heavy atom. The highest BCUT2D eigenvalue weighted by molar-refractivity contribution is 14.1. The number of nitrogens with zero attached hydrogens (tertiary/aromatic N) is 12. The number of rotatable bonds is 26. The number of hydrogen-bond acceptors (Lipinski definition) is 8. The maximum Gasteiger partial charge on any atom is 0.254 e. The SMILES string of the molecule is C=CCN(Cc1nc2ccccc2n1CC1CC1)C(=O)c1ccc(F)c(Br)c1.C=CCN(Cc1nc2ccccc2n1CC1CC1)C(=O)c1cccc(I)c1.CCCN(Cc1nc2ccccc2n1CC1CC1)C(=O)c1ccc(F)c(Br)c1.CN(Cc1nc2ccccc2n1CC1CC1)C(=O)c1cccc(I)c1. The number of aromatic nitrogens is 8. The van der Waals surface area contributed by atoms with Crippen molar-refractivity contribution in [3.05, 3.63) is 281 Å². The topological polar surface area (TPSA) is 153 Å². The summed E-state index contributed by atoms with van der Waals surface area (Å²) in [7, 11) is 1.85. The van der Waals surface area contributed by atoms with Gasteiger partial charge in [-0.1, -0.05) is 79.7 Å². The Labute approximate surface area is 672 Å². The molecule has 0 aliphatic heterocycles. The van der Waals surface area contributed by atoms with Crippen LogP contribution in [0.1, 0.15) is 129 Å². The molecule has 4 fully saturated rings. The third-order valence-electron chi connectivity index (χ3n) is 19.7. The number of imidazole rings is 4. The van der Waals surface area contributed by atoms with Gasteiger partial charge in [0.2, 0.25) is 0 Å². The molecule has 0 bridgehead atoms. The van der Waals surface area contributed by atoms with Crippen molar-refractivity contribution in [3.8, 4) is 0 Å². The molecule has 556 valence electrons. The molecule has 0 radical (unpaired) electrons. The highest BCUT2D eigenvalue weighted by Crippen LogP contribution is 2.37. The molecule has 4 heterocycles. The fourth-order valence-corrected chi connectivity index (χ4v) is 15.2. The average molecular weight is 1800 g/mol. The number of para-hydroxylation sites is 8. The second kappa shape index (κ2) is 35.8. The number of carbonyl (C=O) groups excluding carboxylic acids is 4. The second-order valence-electron chi connectivity index (χ2n) is 28.4. The molecule has 108 heavy (non-hydrogen) atoms. The number of hydrogen-bond donors (Lipinski definition) is 0. The lowest BCUT2D eigenvalue weighted by Crippen LogP contribution is -2.32. The first-order chi connectivity index (χ1) is 52.4. The first-order valence-corrected chi connectivity index (χ1v) is 40.7. The van der Waals surface area contributed by atoms with Gasteiger partial charge in [0, 0.05) is 82.3 Å². The highest BCUT2D eigenvalue weighted by atomic mass is 127. The van der Waals surface area contributed by atoms with Gasteiger partial charge in [-0.25, -0.2) is 28.7 Å². The van der Waals surface area contributed by atoms with E-state index in [0.717, 1.165) is 119 Å². The van der Waals surface area contributed by atoms with Gasteiger partial charge in [-0.05, 0) is 280 Å². The minimum absolute atomic E-state index is 0.0124. The van der Waals surface area contributed by atoms with Crippen molar-refractivity contribution in [3.63, 3.8) is 0 Å². The predicted octanol–water partition coefficient (Wildman–Crippen LogP) is 19.8. The van der Waals surface area contributed by atoms with E-state index in [-0.39, 0.29) is 33.9 Å². The summed E-state index contributed by atoms with van der Waals surface area (Å²) in [5.41, 5.74) is 10.8. The van der Waals surface area contributed by atoms with Crippen molar-refractivity contribution in [1.29, 1.82) is 0 Å². The van der Waals surface area contributed by atoms with E-state index in [1.54, 1.807) is 28.0 Å². The Balaban J connectivity index is 0.000000127. The van der Waals surface area contributed by atoms with E-state index in [1.807, 2.05) is 133 Å². The number of amides is 4. The maximum absolute atomic E-state index is 13.6. The van der Waals surface area contributed by atoms with E-state index in [1.165, 1.54) is 87.2 Å². The molecule has 16 rings (SSSR count). The minimum atomic E-state index is -0.391. The zero-order valence-electron chi connectivity index (χ0n) is 60.6. The van der Waals surface area contributed by atoms with Crippen molar-refractivity contribution in [2.24, 2.45) is 23.7 Å². The van der Waals surface area contributed by atoms with Gasteiger partial charge in [0.05, 0.1) is 79.3 Å². The van der Waals surface area contributed by atoms with E-state index >= 15 is 0 Å². The van der Waals surface area contributed by atoms with Crippen LogP contribution in [-0.4, -0.2) is 108 Å². The van der Waals surface area contributed by atoms with Crippen LogP contribution < -0.4 is 0 Å². The molecule has 4 aliphatic rings. The Kier molecular flexibility index (Phi) is 25.6. The van der Waals surface area contributed by atoms with Crippen molar-refractivity contribution < 1.29 is 28.0 Å². The van der Waals surface area contributed by atoms with Crippen LogP contribution in [0.2, 0.25) is 0 Å². The summed E-state index contributed by atoms with van der Waals surface area (Å²) in [6.07, 6.45) is 14.5. The van der Waals surface area contributed by atoms with Crippen LogP contribution in [0.15, 0.2) is 216 Å². The summed E-state index contributed by atoms with van der Waals surface area (Å²) in [5.74, 6) is 5.59. The summed E-state index contributed by atoms with van der Waals surface area (Å²) in [6.45, 7) is 16.9. The van der Waals surface area contributed by atoms with Gasteiger partial charge in [-0.3, -0.25) is 19.2 Å². The fourth-order valence-electron chi connectivity index (χ4n) is 13.4. The minimum Gasteiger partial charge on any atom is -0.334 e. The molecular formula is C86H86Br2F2I2N12O4. The lowest BCUT2D eigenvalue weighted by molar-refractivity contribution is 0.0733. The molecule has 4 aliphatic carbocycles. The van der Waals surface area contributed by atoms with Crippen LogP contribution in [0.5, 0.6) is 0 Å². The van der Waals surface area contributed by atoms with Crippen LogP contribution in [-0.2, 0) is 52.4 Å². The van der Waals surface area contributed by atoms with Crippen LogP contribution >= 0.6 is 77.0 Å². The Bertz CT molecular complexity index is 5270. The molecule has 0 N–H and O–H groups in total. The Morgan fingerprint density at radius 2 is 0.731 bits per heavy atom. The molecule has 4 saturated carbocycles. The standard InChI is InChI=1S/C22H23BrFN3O.C22H21BrFN3O.C22H22IN3O.C20H20IN3O/c2*1-2-11-26(22(28)16-9-10-18(24)17(23)12-16)14-21-25-19-5-3-4-6-20(19)27(21)13-15-7-8-15;1-2-12-25(22(27)17-6-5-7-18(23)13-17)15-21-24-19-8-3-4-9-20(19)26(21)14-16-10-11-16;1-23(20(25)15-5-4-6-16(21)11-15)13-19-22-17-7-2-3-8-18(17)24(19)12-14-9-10-14/h3-6,9-10,12,15H,2,7-8,11,13-14H2,1H3;2-6,9-10,12,15H,1,7-8,11,13-14H2;2-9,13,16H,1,10-12,14-15H2;2-8,11,14H,9-10,12-13H2,1H3. The second-order valence-corrected chi connectivity index (χ2v) is 32.6. The third-order valence-corrected chi connectivity index (χ3v) is 22.3. The lowest BCUT2D eigenvalue weighted by atomic mass is 10.2. The maximum atomic E-state index is 13.6. The summed E-state index contributed by atoms with van der Waals surface area (Å²) in [6, 6.07) is 56.8. The molecule has 12 aromatic rings. The normalized spacial score (nSPS) is 13.8. The number of benzene rings is 8. The van der Waals surface area contributed by atoms with Gasteiger partial charge in [0.15, 0.2) is 0 Å². The van der Waals surface area contributed by atoms with Crippen LogP contribution in [0.25, 0.3) is 44.1 Å². The first-order valence-electron chi connectivity index (χ1n) is 36.9. The van der Waals surface area contributed by atoms with Gasteiger partial charge >= 0.3 is 0 Å². The van der Waals surface area contributed by atoms with E-state index in [9.17, 15) is 28.0 Å². The van der Waals surface area contributed by atoms with Crippen molar-refractivity contribution in [2.75, 3.05) is 26.7 Å². The smallest absolute Gasteiger partial charge is 0.254 e. The molecule has 16 nitrogen and oxygen atoms in total. The van der Waals surface area contributed by atoms with Crippen molar-refractivity contribution in [1.82, 2.24) is 57.8 Å². The summed E-state index contributed by atoms with van der Waals surface area (Å²) >= 11 is 10.8. The first kappa shape index (κ1) is 77.4. The predicted molar refractivity (Wildman–Crippen MR) is 447 cm³/mol. The van der Waals surface area contributed by atoms with Crippen LogP contribution in [0, 0.1) is 42.4 Å². The molecule has 4 amide bonds. The largest absolute Gasteiger partial charge is 0.334 e. The molecule has 0 saturated heterocycles. The van der Waals surface area contributed by atoms with Gasteiger partial charge in [-0.15, -0.1) is 13.2 Å². The molecule has 0 atom stereocenters. The summed E-state index contributed by atoms with van der Waals surface area (Å²) < 4.78 is 38.9. The molecule has 0 unspecified atom stereocenters. The van der Waals surface area contributed by atoms with E-state index < -0.39 is 5.82 Å². The highest BCUT2D eigenvalue weighted by Gasteiger charge is 2.31. The number of halogens is 6. The Hall–Kier alpha value is -8.72. The molecule has 0 spiro atoms. The number of fused-ring (bicyclic) bond motifs is 4. The molecule has 4 aromatic heterocycles. The Morgan fingerprint density at radius 1 is 0.426 bits per heavy atom. The quantitative estimate of drug-likeness (QED) is 0.0384. The fraction of sp³-hybridized carbons (Fsp3) is 0.302. The van der Waals surface area contributed by atoms with Crippen molar-refractivity contribution >= 4 is 145 Å². The average Bonchev–Trinajstić information content (AvgIpc) is 1.71. The molecule has 22 heteroatoms. The van der Waals surface area contributed by atoms with E-state index in [0.29, 0.717) is 78.8 Å². The molecular weight excluding hydrogens is 1720 g/mol. The van der Waals surface area contributed by atoms with Crippen LogP contribution in [0.3, 0.4) is 0 Å². The third kappa shape index (κ3) is 19.6. The monoisotopic (exact) mass is 1800 g/mol. The van der Waals surface area contributed by atoms with Crippen molar-refractivity contribution in [2.45, 2.75) is 117 Å². The van der Waals surface area contributed by atoms with Gasteiger partial charge in [0.1, 0.15) is 34.9 Å². The van der Waals surface area contributed by atoms with E-state index in [4.69, 9.17) is 19.9 Å². The number of carbonyl (C=O) groups is 4. The van der Waals surface area contributed by atoms with Crippen LogP contribution in [0.4, 0.5) is 8.78 Å². The van der Waals surface area contributed by atoms with Gasteiger partial charge in [-0.2, -0.15) is 0 Å². The van der Waals surface area contributed by atoms with E-state index in [2.05, 4.69) is 145 Å². The zero-order valence-corrected chi connectivity index (χ0v) is 68.1. The van der Waals surface area contributed by atoms with Gasteiger partial charge < -0.3 is 37.9 Å². The summed E-state index contributed by atoms with van der Waals surface area (Å²) in [4.78, 5) is 78.3. The lowest BCUT2D eigenvalue weighted by Gasteiger charge is -2.23. The summed E-state index contributed by atoms with van der Waals surface area (Å²) in [5, 5.41) is 0.